The molecule has 0 aliphatic rings. The van der Waals surface area contributed by atoms with E-state index in [0.717, 1.165) is 17.1 Å². The molecule has 2 rings (SSSR count). The molecule has 0 saturated carbocycles. The molecular weight excluding hydrogens is 258 g/mol. The first-order valence-electron chi connectivity index (χ1n) is 5.93. The van der Waals surface area contributed by atoms with Gasteiger partial charge in [0, 0.05) is 11.8 Å². The Morgan fingerprint density at radius 2 is 2.05 bits per heavy atom. The molecule has 0 aliphatic heterocycles. The smallest absolute Gasteiger partial charge is 0.126 e. The summed E-state index contributed by atoms with van der Waals surface area (Å²) < 4.78 is 5.56. The van der Waals surface area contributed by atoms with Gasteiger partial charge in [-0.3, -0.25) is 0 Å². The van der Waals surface area contributed by atoms with Gasteiger partial charge in [-0.2, -0.15) is 0 Å². The average Bonchev–Trinajstić information content (AvgIpc) is 2.45. The van der Waals surface area contributed by atoms with E-state index < -0.39 is 0 Å². The van der Waals surface area contributed by atoms with Gasteiger partial charge in [0.05, 0.1) is 6.54 Å². The highest BCUT2D eigenvalue weighted by Crippen LogP contribution is 2.09. The Bertz CT molecular complexity index is 545. The number of aromatic nitrogens is 1. The Labute approximate surface area is 117 Å². The van der Waals surface area contributed by atoms with E-state index in [1.165, 1.54) is 0 Å². The standard InChI is InChI=1S/C14H15N3OS/c15-14(19)11-6-7-16-13(10-11)17-8-9-18-12-4-2-1-3-5-12/h1-7,10H,8-9H2,(H2,15,19)(H,16,17). The number of nitrogens with two attached hydrogens (primary N) is 1. The zero-order valence-electron chi connectivity index (χ0n) is 10.4. The van der Waals surface area contributed by atoms with Crippen molar-refractivity contribution in [1.29, 1.82) is 0 Å². The second kappa shape index (κ2) is 6.70. The molecule has 0 unspecified atom stereocenters. The zero-order chi connectivity index (χ0) is 13.5. The fourth-order valence-electron chi connectivity index (χ4n) is 1.55. The lowest BCUT2D eigenvalue weighted by Crippen LogP contribution is -2.14. The quantitative estimate of drug-likeness (QED) is 0.624. The largest absolute Gasteiger partial charge is 0.492 e. The monoisotopic (exact) mass is 273 g/mol. The minimum atomic E-state index is 0.367. The molecule has 0 aliphatic carbocycles. The number of para-hydroxylation sites is 1. The molecule has 4 nitrogen and oxygen atoms in total. The topological polar surface area (TPSA) is 60.2 Å². The SMILES string of the molecule is NC(=S)c1ccnc(NCCOc2ccccc2)c1. The zero-order valence-corrected chi connectivity index (χ0v) is 11.2. The first-order valence-corrected chi connectivity index (χ1v) is 6.34. The Morgan fingerprint density at radius 3 is 2.79 bits per heavy atom. The van der Waals surface area contributed by atoms with E-state index in [2.05, 4.69) is 10.3 Å². The van der Waals surface area contributed by atoms with Crippen LogP contribution in [0.25, 0.3) is 0 Å². The van der Waals surface area contributed by atoms with Crippen molar-refractivity contribution in [1.82, 2.24) is 4.98 Å². The van der Waals surface area contributed by atoms with Gasteiger partial charge in [0.2, 0.25) is 0 Å². The summed E-state index contributed by atoms with van der Waals surface area (Å²) in [6, 6.07) is 13.3. The Morgan fingerprint density at radius 1 is 1.26 bits per heavy atom. The number of rotatable bonds is 6. The third-order valence-corrected chi connectivity index (χ3v) is 2.70. The van der Waals surface area contributed by atoms with Crippen LogP contribution < -0.4 is 15.8 Å². The highest BCUT2D eigenvalue weighted by atomic mass is 32.1. The van der Waals surface area contributed by atoms with E-state index in [4.69, 9.17) is 22.7 Å². The normalized spacial score (nSPS) is 9.89. The van der Waals surface area contributed by atoms with Crippen LogP contribution in [0.15, 0.2) is 48.7 Å². The van der Waals surface area contributed by atoms with Crippen molar-refractivity contribution >= 4 is 23.0 Å². The van der Waals surface area contributed by atoms with E-state index in [1.54, 1.807) is 12.3 Å². The van der Waals surface area contributed by atoms with Crippen molar-refractivity contribution in [2.45, 2.75) is 0 Å². The molecule has 3 N–H and O–H groups in total. The molecule has 98 valence electrons. The molecule has 1 aromatic heterocycles. The summed E-state index contributed by atoms with van der Waals surface area (Å²) in [6.07, 6.45) is 1.68. The van der Waals surface area contributed by atoms with E-state index >= 15 is 0 Å². The van der Waals surface area contributed by atoms with E-state index in [9.17, 15) is 0 Å². The fourth-order valence-corrected chi connectivity index (χ4v) is 1.67. The minimum absolute atomic E-state index is 0.367. The molecule has 2 aromatic rings. The number of benzene rings is 1. The molecule has 0 atom stereocenters. The molecular formula is C14H15N3OS. The first-order chi connectivity index (χ1) is 9.25. The van der Waals surface area contributed by atoms with Gasteiger partial charge in [0.1, 0.15) is 23.2 Å². The van der Waals surface area contributed by atoms with Gasteiger partial charge in [-0.05, 0) is 24.3 Å². The number of nitrogens with one attached hydrogen (secondary N) is 1. The lowest BCUT2D eigenvalue weighted by Gasteiger charge is -2.08. The van der Waals surface area contributed by atoms with Crippen LogP contribution in [0.5, 0.6) is 5.75 Å². The second-order valence-electron chi connectivity index (χ2n) is 3.88. The predicted octanol–water partition coefficient (Wildman–Crippen LogP) is 2.21. The molecule has 19 heavy (non-hydrogen) atoms. The van der Waals surface area contributed by atoms with Gasteiger partial charge in [0.25, 0.3) is 0 Å². The maximum atomic E-state index is 5.56. The van der Waals surface area contributed by atoms with Crippen LogP contribution in [-0.4, -0.2) is 23.1 Å². The molecule has 0 amide bonds. The number of hydrogen-bond acceptors (Lipinski definition) is 4. The third kappa shape index (κ3) is 4.22. The summed E-state index contributed by atoms with van der Waals surface area (Å²) in [5, 5.41) is 3.16. The summed E-state index contributed by atoms with van der Waals surface area (Å²) >= 11 is 4.92. The number of thiocarbonyl (C=S) groups is 1. The van der Waals surface area contributed by atoms with Crippen LogP contribution in [0.2, 0.25) is 0 Å². The number of pyridine rings is 1. The highest BCUT2D eigenvalue weighted by Gasteiger charge is 1.99. The van der Waals surface area contributed by atoms with E-state index in [1.807, 2.05) is 36.4 Å². The van der Waals surface area contributed by atoms with Crippen molar-refractivity contribution < 1.29 is 4.74 Å². The van der Waals surface area contributed by atoms with Crippen LogP contribution >= 0.6 is 12.2 Å². The highest BCUT2D eigenvalue weighted by molar-refractivity contribution is 7.80. The number of anilines is 1. The van der Waals surface area contributed by atoms with Crippen molar-refractivity contribution in [2.75, 3.05) is 18.5 Å². The van der Waals surface area contributed by atoms with Gasteiger partial charge in [-0.25, -0.2) is 4.98 Å². The molecule has 0 radical (unpaired) electrons. The van der Waals surface area contributed by atoms with Crippen molar-refractivity contribution in [2.24, 2.45) is 5.73 Å². The Kier molecular flexibility index (Phi) is 4.69. The summed E-state index contributed by atoms with van der Waals surface area (Å²) in [4.78, 5) is 4.55. The summed E-state index contributed by atoms with van der Waals surface area (Å²) in [6.45, 7) is 1.21. The molecule has 5 heteroatoms. The summed E-state index contributed by atoms with van der Waals surface area (Å²) in [5.74, 6) is 1.59. The lowest BCUT2D eigenvalue weighted by molar-refractivity contribution is 0.333. The molecule has 1 heterocycles. The molecule has 1 aromatic carbocycles. The molecule has 0 saturated heterocycles. The van der Waals surface area contributed by atoms with Gasteiger partial charge in [-0.15, -0.1) is 0 Å². The molecule has 0 bridgehead atoms. The minimum Gasteiger partial charge on any atom is -0.492 e. The van der Waals surface area contributed by atoms with Crippen LogP contribution in [0, 0.1) is 0 Å². The second-order valence-corrected chi connectivity index (χ2v) is 4.32. The summed E-state index contributed by atoms with van der Waals surface area (Å²) in [7, 11) is 0. The Hall–Kier alpha value is -2.14. The van der Waals surface area contributed by atoms with Gasteiger partial charge >= 0.3 is 0 Å². The lowest BCUT2D eigenvalue weighted by atomic mass is 10.2. The van der Waals surface area contributed by atoms with Crippen LogP contribution in [0.3, 0.4) is 0 Å². The maximum Gasteiger partial charge on any atom is 0.126 e. The average molecular weight is 273 g/mol. The van der Waals surface area contributed by atoms with Gasteiger partial charge < -0.3 is 15.8 Å². The molecule has 0 fully saturated rings. The third-order valence-electron chi connectivity index (χ3n) is 2.46. The van der Waals surface area contributed by atoms with E-state index in [-0.39, 0.29) is 0 Å². The van der Waals surface area contributed by atoms with E-state index in [0.29, 0.717) is 18.1 Å². The van der Waals surface area contributed by atoms with Crippen LogP contribution in [0.4, 0.5) is 5.82 Å². The first kappa shape index (κ1) is 13.3. The summed E-state index contributed by atoms with van der Waals surface area (Å²) in [5.41, 5.74) is 6.37. The Balaban J connectivity index is 1.80. The van der Waals surface area contributed by atoms with Crippen molar-refractivity contribution in [3.63, 3.8) is 0 Å². The maximum absolute atomic E-state index is 5.56. The number of hydrogen-bond donors (Lipinski definition) is 2. The van der Waals surface area contributed by atoms with Crippen LogP contribution in [0.1, 0.15) is 5.56 Å². The van der Waals surface area contributed by atoms with Gasteiger partial charge in [-0.1, -0.05) is 30.4 Å². The van der Waals surface area contributed by atoms with Crippen molar-refractivity contribution in [3.8, 4) is 5.75 Å². The van der Waals surface area contributed by atoms with Crippen LogP contribution in [-0.2, 0) is 0 Å². The fraction of sp³-hybridized carbons (Fsp3) is 0.143. The van der Waals surface area contributed by atoms with Crippen molar-refractivity contribution in [3.05, 3.63) is 54.2 Å². The number of nitrogens with zero attached hydrogens (tertiary/aromatic N) is 1. The van der Waals surface area contributed by atoms with Gasteiger partial charge in [0.15, 0.2) is 0 Å². The molecule has 0 spiro atoms. The predicted molar refractivity (Wildman–Crippen MR) is 80.6 cm³/mol. The number of ether oxygens (including phenoxy) is 1.